The summed E-state index contributed by atoms with van der Waals surface area (Å²) < 4.78 is 3.14. The van der Waals surface area contributed by atoms with Crippen LogP contribution in [0.4, 0.5) is 11.4 Å². The van der Waals surface area contributed by atoms with Crippen molar-refractivity contribution in [2.45, 2.75) is 6.92 Å². The van der Waals surface area contributed by atoms with Gasteiger partial charge in [0.1, 0.15) is 7.05 Å². The van der Waals surface area contributed by atoms with Gasteiger partial charge >= 0.3 is 5.84 Å². The van der Waals surface area contributed by atoms with Crippen LogP contribution >= 0.6 is 0 Å². The number of benzene rings is 2. The highest BCUT2D eigenvalue weighted by atomic mass is 15.4. The molecule has 0 spiro atoms. The monoisotopic (exact) mass is 226 g/mol. The molecule has 0 aliphatic carbocycles. The first-order valence-corrected chi connectivity index (χ1v) is 5.97. The minimum Gasteiger partial charge on any atom is -0.207 e. The largest absolute Gasteiger partial charge is 0.345 e. The van der Waals surface area contributed by atoms with E-state index in [0.29, 0.717) is 0 Å². The number of nitrogens with zero attached hydrogens (tertiary/aromatic N) is 2. The zero-order valence-electron chi connectivity index (χ0n) is 10.9. The van der Waals surface area contributed by atoms with Crippen molar-refractivity contribution in [2.24, 2.45) is 0 Å². The fourth-order valence-electron chi connectivity index (χ4n) is 2.66. The van der Waals surface area contributed by atoms with Gasteiger partial charge in [0.05, 0.1) is 21.0 Å². The predicted octanol–water partition coefficient (Wildman–Crippen LogP) is 3.11. The third-order valence-electron chi connectivity index (χ3n) is 4.10. The molecule has 2 heteroatoms. The molecule has 0 atom stereocenters. The molecule has 0 saturated heterocycles. The SMILES string of the molecule is CC1=[N+](C)c2cc3ccccc3cc2[N+]1(C)C. The van der Waals surface area contributed by atoms with Gasteiger partial charge in [-0.1, -0.05) is 24.3 Å². The van der Waals surface area contributed by atoms with Crippen LogP contribution in [0.25, 0.3) is 10.8 Å². The van der Waals surface area contributed by atoms with Gasteiger partial charge in [-0.3, -0.25) is 0 Å². The second-order valence-electron chi connectivity index (χ2n) is 5.25. The summed E-state index contributed by atoms with van der Waals surface area (Å²) in [6, 6.07) is 13.2. The molecular formula is C15H18N2+2. The average molecular weight is 226 g/mol. The Morgan fingerprint density at radius 2 is 1.59 bits per heavy atom. The maximum atomic E-state index is 2.32. The van der Waals surface area contributed by atoms with Crippen molar-refractivity contribution in [2.75, 3.05) is 21.1 Å². The third kappa shape index (κ3) is 1.28. The number of hydrogen-bond acceptors (Lipinski definition) is 0. The van der Waals surface area contributed by atoms with E-state index in [0.717, 1.165) is 4.48 Å². The normalized spacial score (nSPS) is 17.6. The molecule has 17 heavy (non-hydrogen) atoms. The van der Waals surface area contributed by atoms with E-state index < -0.39 is 0 Å². The molecular weight excluding hydrogens is 208 g/mol. The van der Waals surface area contributed by atoms with Gasteiger partial charge in [0.25, 0.3) is 5.69 Å². The maximum absolute atomic E-state index is 2.32. The van der Waals surface area contributed by atoms with Crippen molar-refractivity contribution in [3.8, 4) is 0 Å². The highest BCUT2D eigenvalue weighted by molar-refractivity contribution is 5.99. The Morgan fingerprint density at radius 1 is 1.00 bits per heavy atom. The van der Waals surface area contributed by atoms with Crippen molar-refractivity contribution in [1.29, 1.82) is 0 Å². The maximum Gasteiger partial charge on any atom is 0.345 e. The first-order chi connectivity index (χ1) is 8.01. The van der Waals surface area contributed by atoms with Crippen LogP contribution in [0.2, 0.25) is 0 Å². The Hall–Kier alpha value is -1.67. The van der Waals surface area contributed by atoms with Crippen LogP contribution in [0.5, 0.6) is 0 Å². The molecule has 0 amide bonds. The van der Waals surface area contributed by atoms with Gasteiger partial charge in [-0.15, -0.1) is 4.58 Å². The molecule has 1 aliphatic heterocycles. The molecule has 0 aromatic heterocycles. The van der Waals surface area contributed by atoms with Crippen molar-refractivity contribution >= 4 is 28.0 Å². The zero-order chi connectivity index (χ0) is 12.2. The highest BCUT2D eigenvalue weighted by Crippen LogP contribution is 2.39. The van der Waals surface area contributed by atoms with E-state index in [9.17, 15) is 0 Å². The molecule has 0 radical (unpaired) electrons. The summed E-state index contributed by atoms with van der Waals surface area (Å²) >= 11 is 0. The summed E-state index contributed by atoms with van der Waals surface area (Å²) in [6.45, 7) is 2.20. The summed E-state index contributed by atoms with van der Waals surface area (Å²) in [5.74, 6) is 1.36. The fraction of sp³-hybridized carbons (Fsp3) is 0.267. The summed E-state index contributed by atoms with van der Waals surface area (Å²) in [7, 11) is 6.63. The minimum absolute atomic E-state index is 0.844. The molecule has 2 aromatic carbocycles. The van der Waals surface area contributed by atoms with Crippen molar-refractivity contribution in [3.05, 3.63) is 36.4 Å². The van der Waals surface area contributed by atoms with E-state index in [1.807, 2.05) is 0 Å². The summed E-state index contributed by atoms with van der Waals surface area (Å²) in [5, 5.41) is 2.63. The quantitative estimate of drug-likeness (QED) is 0.479. The van der Waals surface area contributed by atoms with Crippen LogP contribution in [0, 0.1) is 0 Å². The molecule has 2 aromatic rings. The van der Waals surface area contributed by atoms with Gasteiger partial charge in [-0.05, 0) is 10.8 Å². The first kappa shape index (κ1) is 10.5. The molecule has 86 valence electrons. The van der Waals surface area contributed by atoms with Gasteiger partial charge < -0.3 is 0 Å². The molecule has 0 saturated carbocycles. The summed E-state index contributed by atoms with van der Waals surface area (Å²) in [6.07, 6.45) is 0. The number of quaternary nitrogens is 1. The fourth-order valence-corrected chi connectivity index (χ4v) is 2.66. The van der Waals surface area contributed by atoms with Gasteiger partial charge in [-0.25, -0.2) is 4.48 Å². The topological polar surface area (TPSA) is 3.01 Å². The van der Waals surface area contributed by atoms with Gasteiger partial charge in [-0.2, -0.15) is 0 Å². The smallest absolute Gasteiger partial charge is 0.207 e. The van der Waals surface area contributed by atoms with E-state index >= 15 is 0 Å². The van der Waals surface area contributed by atoms with E-state index in [4.69, 9.17) is 0 Å². The molecule has 0 bridgehead atoms. The van der Waals surface area contributed by atoms with Crippen LogP contribution in [-0.4, -0.2) is 31.6 Å². The van der Waals surface area contributed by atoms with Crippen molar-refractivity contribution in [3.63, 3.8) is 0 Å². The number of hydrogen-bond donors (Lipinski definition) is 0. The highest BCUT2D eigenvalue weighted by Gasteiger charge is 2.43. The number of fused-ring (bicyclic) bond motifs is 2. The van der Waals surface area contributed by atoms with Crippen LogP contribution in [-0.2, 0) is 0 Å². The van der Waals surface area contributed by atoms with Gasteiger partial charge in [0.15, 0.2) is 0 Å². The second kappa shape index (κ2) is 3.17. The van der Waals surface area contributed by atoms with Crippen LogP contribution < -0.4 is 4.48 Å². The van der Waals surface area contributed by atoms with Crippen molar-refractivity contribution in [1.82, 2.24) is 4.48 Å². The van der Waals surface area contributed by atoms with Crippen LogP contribution in [0.3, 0.4) is 0 Å². The molecule has 1 heterocycles. The Balaban J connectivity index is 2.40. The van der Waals surface area contributed by atoms with E-state index in [1.54, 1.807) is 0 Å². The number of amidine groups is 1. The minimum atomic E-state index is 0.844. The average Bonchev–Trinajstić information content (AvgIpc) is 2.49. The zero-order valence-corrected chi connectivity index (χ0v) is 10.9. The lowest BCUT2D eigenvalue weighted by Crippen LogP contribution is -2.44. The standard InChI is InChI=1S/C15H18N2/c1-11-16(2)14-9-12-7-5-6-8-13(12)10-15(14)17(11,3)4/h5-10H,1-4H3/q+2. The molecule has 3 rings (SSSR count). The summed E-state index contributed by atoms with van der Waals surface area (Å²) in [4.78, 5) is 0. The Bertz CT molecular complexity index is 651. The van der Waals surface area contributed by atoms with Crippen LogP contribution in [0.15, 0.2) is 36.4 Å². The molecule has 0 N–H and O–H groups in total. The van der Waals surface area contributed by atoms with Crippen LogP contribution in [0.1, 0.15) is 6.92 Å². The molecule has 0 unspecified atom stereocenters. The Morgan fingerprint density at radius 3 is 2.24 bits per heavy atom. The molecule has 2 nitrogen and oxygen atoms in total. The Kier molecular flexibility index (Phi) is 1.96. The lowest BCUT2D eigenvalue weighted by atomic mass is 10.1. The van der Waals surface area contributed by atoms with Crippen molar-refractivity contribution < 1.29 is 4.58 Å². The predicted molar refractivity (Wildman–Crippen MR) is 74.1 cm³/mol. The first-order valence-electron chi connectivity index (χ1n) is 5.97. The van der Waals surface area contributed by atoms with Gasteiger partial charge in [0.2, 0.25) is 5.69 Å². The molecule has 0 fully saturated rings. The van der Waals surface area contributed by atoms with E-state index in [1.165, 1.54) is 28.0 Å². The lowest BCUT2D eigenvalue weighted by molar-refractivity contribution is -0.403. The molecule has 1 aliphatic rings. The number of rotatable bonds is 0. The summed E-state index contributed by atoms with van der Waals surface area (Å²) in [5.41, 5.74) is 2.70. The third-order valence-corrected chi connectivity index (χ3v) is 4.10. The lowest BCUT2D eigenvalue weighted by Gasteiger charge is -2.18. The van der Waals surface area contributed by atoms with Gasteiger partial charge in [0, 0.05) is 12.1 Å². The second-order valence-corrected chi connectivity index (χ2v) is 5.25. The Labute approximate surface area is 102 Å². The van der Waals surface area contributed by atoms with E-state index in [-0.39, 0.29) is 0 Å². The van der Waals surface area contributed by atoms with E-state index in [2.05, 4.69) is 69.0 Å².